The Morgan fingerprint density at radius 1 is 1.20 bits per heavy atom. The third-order valence-electron chi connectivity index (χ3n) is 5.11. The molecule has 1 aromatic carbocycles. The van der Waals surface area contributed by atoms with Crippen LogP contribution in [0.1, 0.15) is 46.9 Å². The Balaban J connectivity index is 1.51. The van der Waals surface area contributed by atoms with Gasteiger partial charge in [-0.3, -0.25) is 14.5 Å². The Morgan fingerprint density at radius 3 is 2.50 bits per heavy atom. The van der Waals surface area contributed by atoms with Gasteiger partial charge in [0.2, 0.25) is 5.82 Å². The number of thiophene rings is 1. The molecule has 0 aliphatic carbocycles. The van der Waals surface area contributed by atoms with E-state index in [1.807, 2.05) is 23.8 Å². The molecule has 2 aromatic heterocycles. The molecule has 3 heterocycles. The molecular formula is C21H19N3O5S. The molecule has 0 saturated carbocycles. The summed E-state index contributed by atoms with van der Waals surface area (Å²) < 4.78 is 10.5. The van der Waals surface area contributed by atoms with Gasteiger partial charge in [0.1, 0.15) is 6.04 Å². The van der Waals surface area contributed by atoms with Crippen LogP contribution >= 0.6 is 11.3 Å². The molecule has 1 aliphatic heterocycles. The van der Waals surface area contributed by atoms with Crippen LogP contribution in [0.3, 0.4) is 0 Å². The van der Waals surface area contributed by atoms with E-state index in [9.17, 15) is 14.4 Å². The third-order valence-corrected chi connectivity index (χ3v) is 5.80. The summed E-state index contributed by atoms with van der Waals surface area (Å²) in [5.41, 5.74) is 1.40. The number of nitrogens with zero attached hydrogens (tertiary/aromatic N) is 3. The summed E-state index contributed by atoms with van der Waals surface area (Å²) in [6, 6.07) is 7.35. The van der Waals surface area contributed by atoms with Crippen LogP contribution < -0.4 is 0 Å². The second-order valence-corrected chi connectivity index (χ2v) is 7.77. The Hall–Kier alpha value is -3.33. The normalized spacial score (nSPS) is 15.2. The lowest BCUT2D eigenvalue weighted by Gasteiger charge is -2.28. The van der Waals surface area contributed by atoms with Crippen LogP contribution in [0, 0.1) is 5.92 Å². The monoisotopic (exact) mass is 425 g/mol. The van der Waals surface area contributed by atoms with Gasteiger partial charge in [-0.05, 0) is 29.5 Å². The fourth-order valence-electron chi connectivity index (χ4n) is 3.32. The van der Waals surface area contributed by atoms with Crippen molar-refractivity contribution in [1.82, 2.24) is 15.0 Å². The molecule has 2 amide bonds. The number of hydrogen-bond donors (Lipinski definition) is 0. The molecule has 0 saturated heterocycles. The van der Waals surface area contributed by atoms with Gasteiger partial charge in [0.25, 0.3) is 17.7 Å². The van der Waals surface area contributed by atoms with Gasteiger partial charge in [-0.15, -0.1) is 0 Å². The van der Waals surface area contributed by atoms with Crippen LogP contribution in [0.25, 0.3) is 11.4 Å². The van der Waals surface area contributed by atoms with Gasteiger partial charge in [0.15, 0.2) is 6.61 Å². The van der Waals surface area contributed by atoms with E-state index >= 15 is 0 Å². The predicted molar refractivity (Wildman–Crippen MR) is 108 cm³/mol. The van der Waals surface area contributed by atoms with E-state index in [4.69, 9.17) is 9.26 Å². The van der Waals surface area contributed by atoms with Crippen molar-refractivity contribution in [2.24, 2.45) is 5.92 Å². The second kappa shape index (κ2) is 8.19. The quantitative estimate of drug-likeness (QED) is 0.421. The highest BCUT2D eigenvalue weighted by atomic mass is 32.1. The summed E-state index contributed by atoms with van der Waals surface area (Å²) in [6.07, 6.45) is 0.579. The number of hydrogen-bond acceptors (Lipinski definition) is 8. The lowest BCUT2D eigenvalue weighted by Crippen LogP contribution is -2.49. The number of carbonyl (C=O) groups excluding carboxylic acids is 3. The van der Waals surface area contributed by atoms with E-state index < -0.39 is 23.8 Å². The van der Waals surface area contributed by atoms with Gasteiger partial charge in [-0.2, -0.15) is 16.3 Å². The van der Waals surface area contributed by atoms with E-state index in [0.29, 0.717) is 23.4 Å². The minimum Gasteiger partial charge on any atom is -0.454 e. The zero-order valence-corrected chi connectivity index (χ0v) is 17.2. The number of rotatable bonds is 7. The van der Waals surface area contributed by atoms with Gasteiger partial charge in [-0.25, -0.2) is 4.79 Å². The van der Waals surface area contributed by atoms with Gasteiger partial charge in [0.05, 0.1) is 11.1 Å². The first-order valence-electron chi connectivity index (χ1n) is 9.50. The molecule has 2 atom stereocenters. The fourth-order valence-corrected chi connectivity index (χ4v) is 3.95. The largest absolute Gasteiger partial charge is 0.454 e. The van der Waals surface area contributed by atoms with Crippen LogP contribution in [0.2, 0.25) is 0 Å². The molecule has 0 spiro atoms. The Morgan fingerprint density at radius 2 is 1.90 bits per heavy atom. The molecular weight excluding hydrogens is 406 g/mol. The van der Waals surface area contributed by atoms with Gasteiger partial charge in [-0.1, -0.05) is 37.6 Å². The number of fused-ring (bicyclic) bond motifs is 1. The summed E-state index contributed by atoms with van der Waals surface area (Å²) in [7, 11) is 0. The highest BCUT2D eigenvalue weighted by molar-refractivity contribution is 7.08. The standard InChI is InChI=1S/C21H19N3O5S/c1-3-12(2)17(24-19(25)14-6-4-5-7-15(14)20(24)26)21(27)28-10-16-22-18(23-29-16)13-8-9-30-11-13/h4-9,11-12,17H,3,10H2,1-2H3/t12-,17-/m0/s1. The number of benzene rings is 1. The van der Waals surface area contributed by atoms with Crippen molar-refractivity contribution in [3.05, 3.63) is 58.1 Å². The van der Waals surface area contributed by atoms with Crippen molar-refractivity contribution in [2.45, 2.75) is 32.9 Å². The fraction of sp³-hybridized carbons (Fsp3) is 0.286. The number of ether oxygens (including phenoxy) is 1. The number of imide groups is 1. The maximum Gasteiger partial charge on any atom is 0.330 e. The first kappa shape index (κ1) is 20.0. The van der Waals surface area contributed by atoms with Crippen LogP contribution in [0.4, 0.5) is 0 Å². The molecule has 0 N–H and O–H groups in total. The first-order valence-corrected chi connectivity index (χ1v) is 10.4. The molecule has 0 radical (unpaired) electrons. The molecule has 4 rings (SSSR count). The number of aromatic nitrogens is 2. The number of amides is 2. The number of carbonyl (C=O) groups is 3. The number of esters is 1. The smallest absolute Gasteiger partial charge is 0.330 e. The first-order chi connectivity index (χ1) is 14.5. The van der Waals surface area contributed by atoms with Crippen LogP contribution in [0.15, 0.2) is 45.6 Å². The molecule has 1 aliphatic rings. The van der Waals surface area contributed by atoms with Crippen molar-refractivity contribution >= 4 is 29.1 Å². The van der Waals surface area contributed by atoms with Gasteiger partial charge >= 0.3 is 5.97 Å². The summed E-state index contributed by atoms with van der Waals surface area (Å²) in [5, 5.41) is 7.64. The molecule has 3 aromatic rings. The Bertz CT molecular complexity index is 1060. The van der Waals surface area contributed by atoms with Crippen molar-refractivity contribution in [3.63, 3.8) is 0 Å². The van der Waals surface area contributed by atoms with E-state index in [2.05, 4.69) is 10.1 Å². The summed E-state index contributed by atoms with van der Waals surface area (Å²) in [6.45, 7) is 3.44. The highest BCUT2D eigenvalue weighted by Crippen LogP contribution is 2.29. The van der Waals surface area contributed by atoms with Crippen LogP contribution in [-0.2, 0) is 16.1 Å². The van der Waals surface area contributed by atoms with E-state index in [-0.39, 0.29) is 18.4 Å². The summed E-state index contributed by atoms with van der Waals surface area (Å²) >= 11 is 1.50. The second-order valence-electron chi connectivity index (χ2n) is 6.99. The molecule has 9 heteroatoms. The van der Waals surface area contributed by atoms with Gasteiger partial charge < -0.3 is 9.26 Å². The average Bonchev–Trinajstić information content (AvgIpc) is 3.50. The molecule has 30 heavy (non-hydrogen) atoms. The molecule has 0 unspecified atom stereocenters. The van der Waals surface area contributed by atoms with Crippen molar-refractivity contribution in [2.75, 3.05) is 0 Å². The predicted octanol–water partition coefficient (Wildman–Crippen LogP) is 3.55. The topological polar surface area (TPSA) is 103 Å². The van der Waals surface area contributed by atoms with Crippen LogP contribution in [-0.4, -0.2) is 38.9 Å². The third kappa shape index (κ3) is 3.52. The Kier molecular flexibility index (Phi) is 5.45. The van der Waals surface area contributed by atoms with Crippen LogP contribution in [0.5, 0.6) is 0 Å². The highest BCUT2D eigenvalue weighted by Gasteiger charge is 2.45. The summed E-state index contributed by atoms with van der Waals surface area (Å²) in [5.74, 6) is -1.42. The van der Waals surface area contributed by atoms with Crippen molar-refractivity contribution in [3.8, 4) is 11.4 Å². The molecule has 0 bridgehead atoms. The average molecular weight is 425 g/mol. The minimum absolute atomic E-state index is 0.134. The molecule has 154 valence electrons. The van der Waals surface area contributed by atoms with E-state index in [0.717, 1.165) is 10.5 Å². The lowest BCUT2D eigenvalue weighted by atomic mass is 9.97. The summed E-state index contributed by atoms with van der Waals surface area (Å²) in [4.78, 5) is 43.8. The Labute approximate surface area is 176 Å². The zero-order valence-electron chi connectivity index (χ0n) is 16.4. The van der Waals surface area contributed by atoms with Crippen molar-refractivity contribution < 1.29 is 23.6 Å². The minimum atomic E-state index is -1.04. The molecule has 8 nitrogen and oxygen atoms in total. The van der Waals surface area contributed by atoms with E-state index in [1.54, 1.807) is 31.2 Å². The SMILES string of the molecule is CC[C@H](C)[C@@H](C(=O)OCc1nc(-c2ccsc2)no1)N1C(=O)c2ccccc2C1=O. The van der Waals surface area contributed by atoms with Crippen molar-refractivity contribution in [1.29, 1.82) is 0 Å². The zero-order chi connectivity index (χ0) is 21.3. The van der Waals surface area contributed by atoms with E-state index in [1.165, 1.54) is 11.3 Å². The molecule has 0 fully saturated rings. The maximum absolute atomic E-state index is 12.9. The van der Waals surface area contributed by atoms with Gasteiger partial charge in [0, 0.05) is 10.9 Å². The lowest BCUT2D eigenvalue weighted by molar-refractivity contribution is -0.152. The maximum atomic E-state index is 12.9.